The van der Waals surface area contributed by atoms with E-state index in [1.54, 1.807) is 0 Å². The molecule has 1 amide bonds. The maximum absolute atomic E-state index is 11.4. The molecule has 3 nitrogen and oxygen atoms in total. The molecule has 2 unspecified atom stereocenters. The second-order valence-corrected chi connectivity index (χ2v) is 4.73. The van der Waals surface area contributed by atoms with Crippen LogP contribution in [0.1, 0.15) is 23.5 Å². The van der Waals surface area contributed by atoms with E-state index in [2.05, 4.69) is 31.2 Å². The standard InChI is InChI=1S/C13H15NO2/c1-9-2-4-10(5-3-9)11-6-12-8-16-13(15)14(12)7-11/h2-5,11-12H,6-8H2,1H3. The molecule has 3 rings (SSSR count). The highest BCUT2D eigenvalue weighted by molar-refractivity contribution is 5.70. The average molecular weight is 217 g/mol. The van der Waals surface area contributed by atoms with E-state index in [1.165, 1.54) is 11.1 Å². The van der Waals surface area contributed by atoms with Gasteiger partial charge in [0, 0.05) is 12.5 Å². The molecule has 2 aliphatic rings. The number of benzene rings is 1. The molecular weight excluding hydrogens is 202 g/mol. The number of nitrogens with zero attached hydrogens (tertiary/aromatic N) is 1. The monoisotopic (exact) mass is 217 g/mol. The fourth-order valence-corrected chi connectivity index (χ4v) is 2.63. The number of ether oxygens (including phenoxy) is 1. The van der Waals surface area contributed by atoms with Gasteiger partial charge in [-0.05, 0) is 18.9 Å². The normalized spacial score (nSPS) is 28.1. The van der Waals surface area contributed by atoms with Crippen molar-refractivity contribution in [1.82, 2.24) is 4.90 Å². The summed E-state index contributed by atoms with van der Waals surface area (Å²) >= 11 is 0. The Kier molecular flexibility index (Phi) is 2.13. The molecule has 0 spiro atoms. The molecule has 3 heteroatoms. The van der Waals surface area contributed by atoms with Gasteiger partial charge in [0.25, 0.3) is 0 Å². The molecule has 0 aromatic heterocycles. The summed E-state index contributed by atoms with van der Waals surface area (Å²) in [6.45, 7) is 3.47. The van der Waals surface area contributed by atoms with Crippen LogP contribution in [-0.2, 0) is 4.74 Å². The van der Waals surface area contributed by atoms with Crippen molar-refractivity contribution >= 4 is 6.09 Å². The molecule has 0 aliphatic carbocycles. The molecule has 0 saturated carbocycles. The summed E-state index contributed by atoms with van der Waals surface area (Å²) in [5.74, 6) is 0.485. The van der Waals surface area contributed by atoms with Gasteiger partial charge in [-0.25, -0.2) is 4.79 Å². The largest absolute Gasteiger partial charge is 0.447 e. The molecule has 2 fully saturated rings. The number of carbonyl (C=O) groups is 1. The van der Waals surface area contributed by atoms with E-state index in [0.717, 1.165) is 13.0 Å². The Bertz CT molecular complexity index is 412. The molecule has 2 saturated heterocycles. The first-order valence-corrected chi connectivity index (χ1v) is 5.74. The van der Waals surface area contributed by atoms with Crippen LogP contribution in [0.15, 0.2) is 24.3 Å². The van der Waals surface area contributed by atoms with Gasteiger partial charge in [0.05, 0.1) is 6.04 Å². The van der Waals surface area contributed by atoms with Crippen LogP contribution in [-0.4, -0.2) is 30.2 Å². The van der Waals surface area contributed by atoms with Crippen molar-refractivity contribution in [2.24, 2.45) is 0 Å². The number of hydrogen-bond acceptors (Lipinski definition) is 2. The van der Waals surface area contributed by atoms with Gasteiger partial charge in [0.15, 0.2) is 0 Å². The summed E-state index contributed by atoms with van der Waals surface area (Å²) in [7, 11) is 0. The molecule has 0 radical (unpaired) electrons. The van der Waals surface area contributed by atoms with Crippen molar-refractivity contribution in [3.63, 3.8) is 0 Å². The maximum atomic E-state index is 11.4. The first-order valence-electron chi connectivity index (χ1n) is 5.74. The minimum atomic E-state index is -0.139. The zero-order valence-electron chi connectivity index (χ0n) is 9.35. The van der Waals surface area contributed by atoms with E-state index >= 15 is 0 Å². The molecular formula is C13H15NO2. The lowest BCUT2D eigenvalue weighted by molar-refractivity contribution is 0.158. The highest BCUT2D eigenvalue weighted by Gasteiger charge is 2.41. The smallest absolute Gasteiger partial charge is 0.410 e. The minimum absolute atomic E-state index is 0.139. The fraction of sp³-hybridized carbons (Fsp3) is 0.462. The molecule has 2 heterocycles. The van der Waals surface area contributed by atoms with Gasteiger partial charge >= 0.3 is 6.09 Å². The molecule has 1 aromatic carbocycles. The van der Waals surface area contributed by atoms with Crippen LogP contribution < -0.4 is 0 Å². The van der Waals surface area contributed by atoms with E-state index in [0.29, 0.717) is 18.6 Å². The molecule has 0 bridgehead atoms. The molecule has 2 aliphatic heterocycles. The van der Waals surface area contributed by atoms with Crippen molar-refractivity contribution in [2.75, 3.05) is 13.2 Å². The van der Waals surface area contributed by atoms with Crippen molar-refractivity contribution < 1.29 is 9.53 Å². The lowest BCUT2D eigenvalue weighted by Crippen LogP contribution is -2.27. The van der Waals surface area contributed by atoms with Gasteiger partial charge in [0.1, 0.15) is 6.61 Å². The Hall–Kier alpha value is -1.51. The first-order chi connectivity index (χ1) is 7.74. The highest BCUT2D eigenvalue weighted by atomic mass is 16.6. The van der Waals surface area contributed by atoms with Crippen LogP contribution in [0.4, 0.5) is 4.79 Å². The van der Waals surface area contributed by atoms with Crippen LogP contribution >= 0.6 is 0 Å². The third kappa shape index (κ3) is 1.47. The number of hydrogen-bond donors (Lipinski definition) is 0. The maximum Gasteiger partial charge on any atom is 0.410 e. The summed E-state index contributed by atoms with van der Waals surface area (Å²) < 4.78 is 5.01. The summed E-state index contributed by atoms with van der Waals surface area (Å²) in [6, 6.07) is 8.92. The highest BCUT2D eigenvalue weighted by Crippen LogP contribution is 2.34. The number of amides is 1. The van der Waals surface area contributed by atoms with Gasteiger partial charge in [-0.3, -0.25) is 0 Å². The topological polar surface area (TPSA) is 29.5 Å². The Morgan fingerprint density at radius 2 is 2.06 bits per heavy atom. The van der Waals surface area contributed by atoms with E-state index in [4.69, 9.17) is 4.74 Å². The minimum Gasteiger partial charge on any atom is -0.447 e. The van der Waals surface area contributed by atoms with Crippen molar-refractivity contribution in [1.29, 1.82) is 0 Å². The van der Waals surface area contributed by atoms with Crippen molar-refractivity contribution in [3.8, 4) is 0 Å². The van der Waals surface area contributed by atoms with Gasteiger partial charge in [0.2, 0.25) is 0 Å². The molecule has 84 valence electrons. The lowest BCUT2D eigenvalue weighted by atomic mass is 9.96. The fourth-order valence-electron chi connectivity index (χ4n) is 2.63. The predicted molar refractivity (Wildman–Crippen MR) is 60.4 cm³/mol. The number of carbonyl (C=O) groups excluding carboxylic acids is 1. The van der Waals surface area contributed by atoms with Crippen LogP contribution in [0.3, 0.4) is 0 Å². The van der Waals surface area contributed by atoms with Crippen LogP contribution in [0, 0.1) is 6.92 Å². The average Bonchev–Trinajstić information content (AvgIpc) is 2.83. The zero-order chi connectivity index (χ0) is 11.1. The third-order valence-corrected chi connectivity index (χ3v) is 3.60. The first kappa shape index (κ1) is 9.70. The molecule has 1 aromatic rings. The summed E-state index contributed by atoms with van der Waals surface area (Å²) in [6.07, 6.45) is 0.897. The second kappa shape index (κ2) is 3.51. The number of fused-ring (bicyclic) bond motifs is 1. The third-order valence-electron chi connectivity index (χ3n) is 3.60. The van der Waals surface area contributed by atoms with Crippen LogP contribution in [0.2, 0.25) is 0 Å². The SMILES string of the molecule is Cc1ccc(C2CC3COC(=O)N3C2)cc1. The molecule has 2 atom stereocenters. The zero-order valence-corrected chi connectivity index (χ0v) is 9.35. The molecule has 16 heavy (non-hydrogen) atoms. The number of rotatable bonds is 1. The van der Waals surface area contributed by atoms with Crippen molar-refractivity contribution in [3.05, 3.63) is 35.4 Å². The van der Waals surface area contributed by atoms with Gasteiger partial charge in [-0.15, -0.1) is 0 Å². The lowest BCUT2D eigenvalue weighted by Gasteiger charge is -2.12. The second-order valence-electron chi connectivity index (χ2n) is 4.73. The van der Waals surface area contributed by atoms with E-state index < -0.39 is 0 Å². The van der Waals surface area contributed by atoms with E-state index in [-0.39, 0.29) is 6.09 Å². The van der Waals surface area contributed by atoms with E-state index in [9.17, 15) is 4.79 Å². The van der Waals surface area contributed by atoms with Gasteiger partial charge in [-0.2, -0.15) is 0 Å². The Balaban J connectivity index is 1.79. The van der Waals surface area contributed by atoms with Crippen molar-refractivity contribution in [2.45, 2.75) is 25.3 Å². The quantitative estimate of drug-likeness (QED) is 0.722. The summed E-state index contributed by atoms with van der Waals surface area (Å²) in [5.41, 5.74) is 2.62. The Morgan fingerprint density at radius 1 is 1.31 bits per heavy atom. The number of aryl methyl sites for hydroxylation is 1. The Labute approximate surface area is 95.0 Å². The molecule has 0 N–H and O–H groups in total. The van der Waals surface area contributed by atoms with Gasteiger partial charge in [-0.1, -0.05) is 29.8 Å². The summed E-state index contributed by atoms with van der Waals surface area (Å²) in [5, 5.41) is 0. The summed E-state index contributed by atoms with van der Waals surface area (Å²) in [4.78, 5) is 13.3. The van der Waals surface area contributed by atoms with E-state index in [1.807, 2.05) is 4.90 Å². The van der Waals surface area contributed by atoms with Crippen LogP contribution in [0.5, 0.6) is 0 Å². The predicted octanol–water partition coefficient (Wildman–Crippen LogP) is 2.30. The number of cyclic esters (lactones) is 1. The van der Waals surface area contributed by atoms with Gasteiger partial charge < -0.3 is 9.64 Å². The Morgan fingerprint density at radius 3 is 2.75 bits per heavy atom. The van der Waals surface area contributed by atoms with Crippen LogP contribution in [0.25, 0.3) is 0 Å².